The molecule has 0 spiro atoms. The van der Waals surface area contributed by atoms with Gasteiger partial charge in [-0.3, -0.25) is 0 Å². The van der Waals surface area contributed by atoms with Crippen molar-refractivity contribution in [2.24, 2.45) is 0 Å². The summed E-state index contributed by atoms with van der Waals surface area (Å²) in [5.41, 5.74) is 1.19. The summed E-state index contributed by atoms with van der Waals surface area (Å²) in [7, 11) is 0. The summed E-state index contributed by atoms with van der Waals surface area (Å²) < 4.78 is 0. The number of hydrogen-bond acceptors (Lipinski definition) is 4. The van der Waals surface area contributed by atoms with Gasteiger partial charge in [-0.25, -0.2) is 4.98 Å². The summed E-state index contributed by atoms with van der Waals surface area (Å²) in [6.45, 7) is 10.0. The number of hydrogen-bond donors (Lipinski definition) is 1. The Bertz CT molecular complexity index is 340. The standard InChI is InChI=1S/C13H23N3S/c1-10(2)16-6-4-12(5-7-16)14-8-13-9-17-11(3)15-13/h9-10,12,14H,4-8H2,1-3H3. The van der Waals surface area contributed by atoms with Gasteiger partial charge in [0.25, 0.3) is 0 Å². The highest BCUT2D eigenvalue weighted by molar-refractivity contribution is 7.09. The van der Waals surface area contributed by atoms with Crippen LogP contribution in [0.2, 0.25) is 0 Å². The SMILES string of the molecule is Cc1nc(CNC2CCN(C(C)C)CC2)cs1. The minimum atomic E-state index is 0.673. The second-order valence-corrected chi connectivity index (χ2v) is 6.20. The first-order valence-corrected chi connectivity index (χ1v) is 7.41. The third kappa shape index (κ3) is 3.76. The second kappa shape index (κ2) is 5.94. The van der Waals surface area contributed by atoms with Crippen LogP contribution in [0.15, 0.2) is 5.38 Å². The van der Waals surface area contributed by atoms with Crippen molar-refractivity contribution in [1.29, 1.82) is 0 Å². The molecule has 0 bridgehead atoms. The van der Waals surface area contributed by atoms with E-state index in [1.165, 1.54) is 31.6 Å². The zero-order chi connectivity index (χ0) is 12.3. The van der Waals surface area contributed by atoms with E-state index in [1.807, 2.05) is 0 Å². The molecule has 17 heavy (non-hydrogen) atoms. The smallest absolute Gasteiger partial charge is 0.0897 e. The Kier molecular flexibility index (Phi) is 4.54. The van der Waals surface area contributed by atoms with Crippen molar-refractivity contribution in [3.63, 3.8) is 0 Å². The van der Waals surface area contributed by atoms with Gasteiger partial charge in [0.15, 0.2) is 0 Å². The number of aromatic nitrogens is 1. The van der Waals surface area contributed by atoms with Crippen molar-refractivity contribution in [2.45, 2.75) is 52.2 Å². The van der Waals surface area contributed by atoms with Crippen molar-refractivity contribution in [1.82, 2.24) is 15.2 Å². The minimum absolute atomic E-state index is 0.673. The topological polar surface area (TPSA) is 28.2 Å². The Morgan fingerprint density at radius 1 is 1.47 bits per heavy atom. The molecule has 3 nitrogen and oxygen atoms in total. The van der Waals surface area contributed by atoms with E-state index in [9.17, 15) is 0 Å². The third-order valence-corrected chi connectivity index (χ3v) is 4.32. The third-order valence-electron chi connectivity index (χ3n) is 3.50. The fraction of sp³-hybridized carbons (Fsp3) is 0.769. The molecule has 1 fully saturated rings. The molecule has 1 aromatic rings. The number of aryl methyl sites for hydroxylation is 1. The highest BCUT2D eigenvalue weighted by atomic mass is 32.1. The monoisotopic (exact) mass is 253 g/mol. The number of thiazole rings is 1. The summed E-state index contributed by atoms with van der Waals surface area (Å²) in [6, 6.07) is 1.36. The van der Waals surface area contributed by atoms with E-state index in [2.05, 4.69) is 41.4 Å². The van der Waals surface area contributed by atoms with Crippen molar-refractivity contribution >= 4 is 11.3 Å². The molecular formula is C13H23N3S. The first-order valence-electron chi connectivity index (χ1n) is 6.53. The lowest BCUT2D eigenvalue weighted by molar-refractivity contribution is 0.160. The van der Waals surface area contributed by atoms with Crippen LogP contribution in [0.5, 0.6) is 0 Å². The molecule has 1 saturated heterocycles. The molecule has 1 aromatic heterocycles. The number of rotatable bonds is 4. The fourth-order valence-electron chi connectivity index (χ4n) is 2.36. The molecule has 1 aliphatic heterocycles. The first-order chi connectivity index (χ1) is 8.15. The Hall–Kier alpha value is -0.450. The highest BCUT2D eigenvalue weighted by Gasteiger charge is 2.20. The van der Waals surface area contributed by atoms with Gasteiger partial charge in [-0.15, -0.1) is 11.3 Å². The molecule has 0 aliphatic carbocycles. The van der Waals surface area contributed by atoms with Gasteiger partial charge in [-0.1, -0.05) is 0 Å². The summed E-state index contributed by atoms with van der Waals surface area (Å²) in [5, 5.41) is 6.95. The van der Waals surface area contributed by atoms with Crippen LogP contribution in [0.1, 0.15) is 37.4 Å². The molecule has 0 amide bonds. The number of nitrogens with one attached hydrogen (secondary N) is 1. The van der Waals surface area contributed by atoms with Crippen LogP contribution in [-0.2, 0) is 6.54 Å². The Morgan fingerprint density at radius 2 is 2.18 bits per heavy atom. The van der Waals surface area contributed by atoms with Crippen LogP contribution in [0.25, 0.3) is 0 Å². The molecule has 0 unspecified atom stereocenters. The van der Waals surface area contributed by atoms with Gasteiger partial charge >= 0.3 is 0 Å². The summed E-state index contributed by atoms with van der Waals surface area (Å²) in [6.07, 6.45) is 2.53. The maximum absolute atomic E-state index is 4.48. The Balaban J connectivity index is 1.71. The number of piperidine rings is 1. The second-order valence-electron chi connectivity index (χ2n) is 5.14. The molecule has 1 aliphatic rings. The summed E-state index contributed by atoms with van der Waals surface area (Å²) in [5.74, 6) is 0. The zero-order valence-electron chi connectivity index (χ0n) is 11.1. The lowest BCUT2D eigenvalue weighted by atomic mass is 10.0. The van der Waals surface area contributed by atoms with Crippen LogP contribution in [0.3, 0.4) is 0 Å². The molecule has 2 heterocycles. The van der Waals surface area contributed by atoms with Crippen molar-refractivity contribution in [3.8, 4) is 0 Å². The normalized spacial score (nSPS) is 19.1. The average molecular weight is 253 g/mol. The van der Waals surface area contributed by atoms with E-state index in [4.69, 9.17) is 0 Å². The van der Waals surface area contributed by atoms with Gasteiger partial charge in [0.05, 0.1) is 10.7 Å². The highest BCUT2D eigenvalue weighted by Crippen LogP contribution is 2.14. The minimum Gasteiger partial charge on any atom is -0.308 e. The predicted molar refractivity (Wildman–Crippen MR) is 73.4 cm³/mol. The Morgan fingerprint density at radius 3 is 2.71 bits per heavy atom. The molecule has 2 rings (SSSR count). The van der Waals surface area contributed by atoms with Crippen molar-refractivity contribution < 1.29 is 0 Å². The molecule has 0 atom stereocenters. The molecular weight excluding hydrogens is 230 g/mol. The molecule has 1 N–H and O–H groups in total. The lowest BCUT2D eigenvalue weighted by Gasteiger charge is -2.34. The van der Waals surface area contributed by atoms with Gasteiger partial charge in [-0.2, -0.15) is 0 Å². The molecule has 0 saturated carbocycles. The summed E-state index contributed by atoms with van der Waals surface area (Å²) >= 11 is 1.74. The number of nitrogens with zero attached hydrogens (tertiary/aromatic N) is 2. The van der Waals surface area contributed by atoms with Gasteiger partial charge in [0, 0.05) is 24.0 Å². The Labute approximate surface area is 108 Å². The average Bonchev–Trinajstić information content (AvgIpc) is 2.73. The first kappa shape index (κ1) is 13.0. The van der Waals surface area contributed by atoms with E-state index in [-0.39, 0.29) is 0 Å². The quantitative estimate of drug-likeness (QED) is 0.893. The lowest BCUT2D eigenvalue weighted by Crippen LogP contribution is -2.44. The van der Waals surface area contributed by atoms with Crippen LogP contribution < -0.4 is 5.32 Å². The van der Waals surface area contributed by atoms with Crippen molar-refractivity contribution in [2.75, 3.05) is 13.1 Å². The van der Waals surface area contributed by atoms with Gasteiger partial charge in [0.2, 0.25) is 0 Å². The zero-order valence-corrected chi connectivity index (χ0v) is 11.9. The van der Waals surface area contributed by atoms with Crippen LogP contribution in [0, 0.1) is 6.92 Å². The van der Waals surface area contributed by atoms with Crippen molar-refractivity contribution in [3.05, 3.63) is 16.1 Å². The van der Waals surface area contributed by atoms with E-state index in [0.29, 0.717) is 12.1 Å². The maximum atomic E-state index is 4.48. The molecule has 0 radical (unpaired) electrons. The van der Waals surface area contributed by atoms with Crippen LogP contribution >= 0.6 is 11.3 Å². The molecule has 96 valence electrons. The molecule has 4 heteroatoms. The fourth-order valence-corrected chi connectivity index (χ4v) is 2.97. The van der Waals surface area contributed by atoms with E-state index < -0.39 is 0 Å². The van der Waals surface area contributed by atoms with Crippen LogP contribution in [-0.4, -0.2) is 35.1 Å². The number of likely N-dealkylation sites (tertiary alicyclic amines) is 1. The van der Waals surface area contributed by atoms with E-state index in [0.717, 1.165) is 11.6 Å². The largest absolute Gasteiger partial charge is 0.308 e. The maximum Gasteiger partial charge on any atom is 0.0897 e. The van der Waals surface area contributed by atoms with Gasteiger partial charge in [-0.05, 0) is 46.7 Å². The summed E-state index contributed by atoms with van der Waals surface area (Å²) in [4.78, 5) is 7.04. The van der Waals surface area contributed by atoms with E-state index in [1.54, 1.807) is 11.3 Å². The predicted octanol–water partition coefficient (Wildman–Crippen LogP) is 2.41. The molecule has 0 aromatic carbocycles. The van der Waals surface area contributed by atoms with E-state index >= 15 is 0 Å². The van der Waals surface area contributed by atoms with Crippen LogP contribution in [0.4, 0.5) is 0 Å². The van der Waals surface area contributed by atoms with Gasteiger partial charge in [0.1, 0.15) is 0 Å². The van der Waals surface area contributed by atoms with Gasteiger partial charge < -0.3 is 10.2 Å².